The molecule has 0 aliphatic heterocycles. The van der Waals surface area contributed by atoms with Crippen molar-refractivity contribution in [2.45, 2.75) is 13.0 Å². The van der Waals surface area contributed by atoms with E-state index in [1.165, 1.54) is 0 Å². The van der Waals surface area contributed by atoms with Crippen LogP contribution in [0, 0.1) is 0 Å². The van der Waals surface area contributed by atoms with Gasteiger partial charge in [0, 0.05) is 5.75 Å². The molecule has 0 amide bonds. The molecule has 0 saturated carbocycles. The third kappa shape index (κ3) is 8.96. The van der Waals surface area contributed by atoms with Crippen molar-refractivity contribution in [3.63, 3.8) is 0 Å². The standard InChI is InChI=1S/C3H8OS.Bi/c1-3(4)2-5;/h3-5H,2H2,1H3;/q;+3. The first-order valence-corrected chi connectivity index (χ1v) is 2.19. The Kier molecular flexibility index (Phi) is 10.6. The maximum Gasteiger partial charge on any atom is 3.00 e. The molecule has 0 aromatic heterocycles. The average molecular weight is 301 g/mol. The molecule has 1 atom stereocenters. The molecule has 0 aromatic rings. The fraction of sp³-hybridized carbons (Fsp3) is 1.00. The normalized spacial score (nSPS) is 12.5. The van der Waals surface area contributed by atoms with Gasteiger partial charge in [-0.2, -0.15) is 12.6 Å². The van der Waals surface area contributed by atoms with Gasteiger partial charge in [0.25, 0.3) is 0 Å². The average Bonchev–Trinajstić information content (AvgIpc) is 1.38. The molecular weight excluding hydrogens is 293 g/mol. The van der Waals surface area contributed by atoms with E-state index in [1.54, 1.807) is 6.92 Å². The molecule has 3 heteroatoms. The quantitative estimate of drug-likeness (QED) is 0.513. The zero-order chi connectivity index (χ0) is 4.28. The van der Waals surface area contributed by atoms with Crippen molar-refractivity contribution in [1.29, 1.82) is 0 Å². The summed E-state index contributed by atoms with van der Waals surface area (Å²) in [5.41, 5.74) is 0. The van der Waals surface area contributed by atoms with E-state index in [0.29, 0.717) is 5.75 Å². The second-order valence-corrected chi connectivity index (χ2v) is 1.40. The molecule has 0 heterocycles. The van der Waals surface area contributed by atoms with Crippen molar-refractivity contribution < 1.29 is 5.11 Å². The maximum absolute atomic E-state index is 8.28. The van der Waals surface area contributed by atoms with Gasteiger partial charge >= 0.3 is 26.2 Å². The number of aliphatic hydroxyl groups excluding tert-OH is 1. The fourth-order valence-corrected chi connectivity index (χ4v) is 0. The second-order valence-electron chi connectivity index (χ2n) is 1.03. The van der Waals surface area contributed by atoms with E-state index in [-0.39, 0.29) is 32.3 Å². The van der Waals surface area contributed by atoms with Gasteiger partial charge in [0.1, 0.15) is 0 Å². The van der Waals surface area contributed by atoms with Gasteiger partial charge in [-0.1, -0.05) is 0 Å². The zero-order valence-corrected chi connectivity index (χ0v) is 8.00. The van der Waals surface area contributed by atoms with Crippen LogP contribution in [0.5, 0.6) is 0 Å². The predicted octanol–water partition coefficient (Wildman–Crippen LogP) is -0.0838. The second kappa shape index (κ2) is 6.19. The Morgan fingerprint density at radius 3 is 2.00 bits per heavy atom. The van der Waals surface area contributed by atoms with Crippen LogP contribution in [-0.2, 0) is 0 Å². The number of rotatable bonds is 1. The largest absolute Gasteiger partial charge is 3.00 e. The van der Waals surface area contributed by atoms with Gasteiger partial charge in [-0.25, -0.2) is 0 Å². The van der Waals surface area contributed by atoms with Gasteiger partial charge < -0.3 is 5.11 Å². The van der Waals surface area contributed by atoms with Crippen LogP contribution < -0.4 is 0 Å². The van der Waals surface area contributed by atoms with Crippen molar-refractivity contribution in [3.05, 3.63) is 0 Å². The van der Waals surface area contributed by atoms with Crippen molar-refractivity contribution >= 4 is 38.8 Å². The molecule has 0 aliphatic rings. The van der Waals surface area contributed by atoms with Crippen LogP contribution in [0.25, 0.3) is 0 Å². The van der Waals surface area contributed by atoms with E-state index < -0.39 is 0 Å². The van der Waals surface area contributed by atoms with E-state index in [2.05, 4.69) is 12.6 Å². The summed E-state index contributed by atoms with van der Waals surface area (Å²) in [6.45, 7) is 1.70. The van der Waals surface area contributed by atoms with Gasteiger partial charge in [-0.3, -0.25) is 0 Å². The predicted molar refractivity (Wildman–Crippen MR) is 31.3 cm³/mol. The van der Waals surface area contributed by atoms with Gasteiger partial charge in [0.15, 0.2) is 0 Å². The number of thiol groups is 1. The first-order valence-electron chi connectivity index (χ1n) is 1.56. The molecule has 0 saturated heterocycles. The number of hydrogen-bond acceptors (Lipinski definition) is 2. The van der Waals surface area contributed by atoms with Gasteiger partial charge in [-0.15, -0.1) is 0 Å². The molecule has 1 nitrogen and oxygen atoms in total. The van der Waals surface area contributed by atoms with E-state index >= 15 is 0 Å². The van der Waals surface area contributed by atoms with Crippen LogP contribution in [0.4, 0.5) is 0 Å². The minimum Gasteiger partial charge on any atom is -0.393 e. The summed E-state index contributed by atoms with van der Waals surface area (Å²) < 4.78 is 0. The molecule has 0 rings (SSSR count). The van der Waals surface area contributed by atoms with Crippen LogP contribution in [0.2, 0.25) is 0 Å². The van der Waals surface area contributed by atoms with Crippen molar-refractivity contribution in [1.82, 2.24) is 0 Å². The summed E-state index contributed by atoms with van der Waals surface area (Å²) in [7, 11) is 0. The molecule has 2 radical (unpaired) electrons. The molecular formula is C3H8BiOS+3. The first-order chi connectivity index (χ1) is 2.27. The van der Waals surface area contributed by atoms with Crippen molar-refractivity contribution in [3.8, 4) is 0 Å². The molecule has 1 unspecified atom stereocenters. The van der Waals surface area contributed by atoms with Gasteiger partial charge in [-0.05, 0) is 6.92 Å². The Morgan fingerprint density at radius 2 is 2.00 bits per heavy atom. The van der Waals surface area contributed by atoms with E-state index in [1.807, 2.05) is 0 Å². The summed E-state index contributed by atoms with van der Waals surface area (Å²) >= 11 is 3.77. The summed E-state index contributed by atoms with van der Waals surface area (Å²) in [6.07, 6.45) is -0.252. The number of aliphatic hydroxyl groups is 1. The Labute approximate surface area is 62.7 Å². The SMILES string of the molecule is CC(O)CS.[Bi+3]. The van der Waals surface area contributed by atoms with Crippen molar-refractivity contribution in [2.24, 2.45) is 0 Å². The van der Waals surface area contributed by atoms with Crippen molar-refractivity contribution in [2.75, 3.05) is 5.75 Å². The van der Waals surface area contributed by atoms with Crippen LogP contribution in [0.3, 0.4) is 0 Å². The van der Waals surface area contributed by atoms with Crippen LogP contribution >= 0.6 is 12.6 Å². The van der Waals surface area contributed by atoms with E-state index in [0.717, 1.165) is 0 Å². The zero-order valence-electron chi connectivity index (χ0n) is 3.63. The Morgan fingerprint density at radius 1 is 1.83 bits per heavy atom. The Balaban J connectivity index is 0. The summed E-state index contributed by atoms with van der Waals surface area (Å²) in [4.78, 5) is 0. The molecule has 34 valence electrons. The molecule has 0 spiro atoms. The fourth-order valence-electron chi connectivity index (χ4n) is 0. The molecule has 6 heavy (non-hydrogen) atoms. The third-order valence-electron chi connectivity index (χ3n) is 0.264. The minimum atomic E-state index is -0.252. The third-order valence-corrected chi connectivity index (χ3v) is 0.793. The Bertz CT molecular complexity index is 24.8. The molecule has 0 bridgehead atoms. The first kappa shape index (κ1) is 10.2. The van der Waals surface area contributed by atoms with E-state index in [9.17, 15) is 0 Å². The molecule has 0 aromatic carbocycles. The summed E-state index contributed by atoms with van der Waals surface area (Å²) in [5, 5.41) is 8.28. The summed E-state index contributed by atoms with van der Waals surface area (Å²) in [6, 6.07) is 0. The van der Waals surface area contributed by atoms with Crippen LogP contribution in [0.15, 0.2) is 0 Å². The van der Waals surface area contributed by atoms with Crippen LogP contribution in [0.1, 0.15) is 6.92 Å². The topological polar surface area (TPSA) is 20.2 Å². The van der Waals surface area contributed by atoms with Crippen LogP contribution in [-0.4, -0.2) is 43.2 Å². The van der Waals surface area contributed by atoms with Gasteiger partial charge in [0.2, 0.25) is 0 Å². The summed E-state index contributed by atoms with van der Waals surface area (Å²) in [5.74, 6) is 0.556. The van der Waals surface area contributed by atoms with Gasteiger partial charge in [0.05, 0.1) is 6.10 Å². The minimum absolute atomic E-state index is 0. The van der Waals surface area contributed by atoms with E-state index in [4.69, 9.17) is 5.11 Å². The maximum atomic E-state index is 8.28. The molecule has 0 fully saturated rings. The molecule has 0 aliphatic carbocycles. The smallest absolute Gasteiger partial charge is 0.393 e. The Hall–Kier alpha value is 1.19. The number of hydrogen-bond donors (Lipinski definition) is 2. The monoisotopic (exact) mass is 301 g/mol. The molecule has 1 N–H and O–H groups in total.